The number of urea groups is 1. The zero-order chi connectivity index (χ0) is 15.9. The smallest absolute Gasteiger partial charge is 0.315 e. The van der Waals surface area contributed by atoms with Crippen molar-refractivity contribution in [2.75, 3.05) is 6.54 Å². The third-order valence-electron chi connectivity index (χ3n) is 3.18. The minimum atomic E-state index is -0.204. The molecular weight excluding hydrogens is 296 g/mol. The van der Waals surface area contributed by atoms with Crippen LogP contribution in [0.4, 0.5) is 4.79 Å². The Labute approximate surface area is 134 Å². The summed E-state index contributed by atoms with van der Waals surface area (Å²) in [6.45, 7) is 4.42. The average molecular weight is 314 g/mol. The number of benzene rings is 1. The maximum Gasteiger partial charge on any atom is 0.315 e. The standard InChI is InChI=1S/C16H18N4OS/c1-11-10-22-15(19-11)7-8-18-16(21)20-12(2)14-5-3-13(9-17)4-6-14/h3-6,10,12H,7-8H2,1-2H3,(H2,18,20,21). The summed E-state index contributed by atoms with van der Waals surface area (Å²) < 4.78 is 0. The number of rotatable bonds is 5. The average Bonchev–Trinajstić information content (AvgIpc) is 2.92. The summed E-state index contributed by atoms with van der Waals surface area (Å²) in [6.07, 6.45) is 0.733. The molecule has 0 saturated heterocycles. The Morgan fingerprint density at radius 3 is 2.73 bits per heavy atom. The van der Waals surface area contributed by atoms with E-state index in [2.05, 4.69) is 21.7 Å². The second kappa shape index (κ2) is 7.57. The fourth-order valence-electron chi connectivity index (χ4n) is 1.98. The molecule has 2 N–H and O–H groups in total. The van der Waals surface area contributed by atoms with E-state index >= 15 is 0 Å². The molecule has 0 fully saturated rings. The minimum Gasteiger partial charge on any atom is -0.338 e. The van der Waals surface area contributed by atoms with Gasteiger partial charge in [0, 0.05) is 24.0 Å². The second-order valence-corrected chi connectivity index (χ2v) is 5.93. The number of nitrogens with one attached hydrogen (secondary N) is 2. The first-order valence-electron chi connectivity index (χ1n) is 7.04. The lowest BCUT2D eigenvalue weighted by Gasteiger charge is -2.15. The Morgan fingerprint density at radius 2 is 2.14 bits per heavy atom. The quantitative estimate of drug-likeness (QED) is 0.890. The fraction of sp³-hybridized carbons (Fsp3) is 0.312. The van der Waals surface area contributed by atoms with Crippen molar-refractivity contribution >= 4 is 17.4 Å². The van der Waals surface area contributed by atoms with E-state index in [1.807, 2.05) is 31.4 Å². The summed E-state index contributed by atoms with van der Waals surface area (Å²) in [7, 11) is 0. The van der Waals surface area contributed by atoms with Crippen molar-refractivity contribution in [3.8, 4) is 6.07 Å². The Hall–Kier alpha value is -2.39. The Morgan fingerprint density at radius 1 is 1.41 bits per heavy atom. The fourth-order valence-corrected chi connectivity index (χ4v) is 2.75. The van der Waals surface area contributed by atoms with E-state index in [-0.39, 0.29) is 12.1 Å². The molecule has 0 radical (unpaired) electrons. The highest BCUT2D eigenvalue weighted by Gasteiger charge is 2.09. The molecule has 0 bridgehead atoms. The molecule has 5 nitrogen and oxygen atoms in total. The number of carbonyl (C=O) groups excluding carboxylic acids is 1. The van der Waals surface area contributed by atoms with Crippen molar-refractivity contribution in [1.82, 2.24) is 15.6 Å². The number of aromatic nitrogens is 1. The molecule has 1 aromatic carbocycles. The van der Waals surface area contributed by atoms with Crippen LogP contribution in [0, 0.1) is 18.3 Å². The van der Waals surface area contributed by atoms with Crippen LogP contribution in [-0.2, 0) is 6.42 Å². The Bertz CT molecular complexity index is 672. The number of nitrogens with zero attached hydrogens (tertiary/aromatic N) is 2. The molecule has 1 aromatic heterocycles. The van der Waals surface area contributed by atoms with Gasteiger partial charge in [0.2, 0.25) is 0 Å². The summed E-state index contributed by atoms with van der Waals surface area (Å²) in [5.74, 6) is 0. The van der Waals surface area contributed by atoms with Crippen molar-refractivity contribution in [1.29, 1.82) is 5.26 Å². The highest BCUT2D eigenvalue weighted by Crippen LogP contribution is 2.13. The SMILES string of the molecule is Cc1csc(CCNC(=O)NC(C)c2ccc(C#N)cc2)n1. The lowest BCUT2D eigenvalue weighted by atomic mass is 10.1. The normalized spacial score (nSPS) is 11.5. The van der Waals surface area contributed by atoms with Crippen LogP contribution in [0.3, 0.4) is 0 Å². The van der Waals surface area contributed by atoms with E-state index < -0.39 is 0 Å². The molecule has 2 amide bonds. The topological polar surface area (TPSA) is 77.8 Å². The molecule has 6 heteroatoms. The predicted molar refractivity (Wildman–Crippen MR) is 86.7 cm³/mol. The van der Waals surface area contributed by atoms with Crippen molar-refractivity contribution in [2.24, 2.45) is 0 Å². The third-order valence-corrected chi connectivity index (χ3v) is 4.20. The maximum atomic E-state index is 11.9. The van der Waals surface area contributed by atoms with Crippen LogP contribution in [0.2, 0.25) is 0 Å². The van der Waals surface area contributed by atoms with E-state index in [1.165, 1.54) is 0 Å². The summed E-state index contributed by atoms with van der Waals surface area (Å²) in [6, 6.07) is 8.95. The van der Waals surface area contributed by atoms with Gasteiger partial charge in [0.15, 0.2) is 0 Å². The van der Waals surface area contributed by atoms with Crippen LogP contribution >= 0.6 is 11.3 Å². The van der Waals surface area contributed by atoms with Crippen LogP contribution in [0.1, 0.15) is 34.8 Å². The van der Waals surface area contributed by atoms with Crippen LogP contribution in [0.15, 0.2) is 29.6 Å². The number of aryl methyl sites for hydroxylation is 1. The second-order valence-electron chi connectivity index (χ2n) is 4.99. The van der Waals surface area contributed by atoms with Crippen LogP contribution in [0.5, 0.6) is 0 Å². The van der Waals surface area contributed by atoms with Crippen molar-refractivity contribution in [3.05, 3.63) is 51.5 Å². The third kappa shape index (κ3) is 4.57. The van der Waals surface area contributed by atoms with Crippen molar-refractivity contribution < 1.29 is 4.79 Å². The zero-order valence-corrected chi connectivity index (χ0v) is 13.4. The highest BCUT2D eigenvalue weighted by molar-refractivity contribution is 7.09. The van der Waals surface area contributed by atoms with Crippen LogP contribution in [-0.4, -0.2) is 17.6 Å². The van der Waals surface area contributed by atoms with Gasteiger partial charge in [-0.1, -0.05) is 12.1 Å². The number of hydrogen-bond donors (Lipinski definition) is 2. The molecule has 114 valence electrons. The molecule has 0 saturated carbocycles. The van der Waals surface area contributed by atoms with Gasteiger partial charge >= 0.3 is 6.03 Å². The van der Waals surface area contributed by atoms with Gasteiger partial charge in [-0.05, 0) is 31.5 Å². The lowest BCUT2D eigenvalue weighted by Crippen LogP contribution is -2.38. The molecule has 0 spiro atoms. The molecule has 2 aromatic rings. The van der Waals surface area contributed by atoms with E-state index in [1.54, 1.807) is 23.5 Å². The summed E-state index contributed by atoms with van der Waals surface area (Å²) in [5, 5.41) is 17.5. The molecular formula is C16H18N4OS. The minimum absolute atomic E-state index is 0.116. The molecule has 1 unspecified atom stereocenters. The van der Waals surface area contributed by atoms with Gasteiger partial charge in [-0.3, -0.25) is 0 Å². The maximum absolute atomic E-state index is 11.9. The molecule has 0 aliphatic heterocycles. The van der Waals surface area contributed by atoms with Crippen molar-refractivity contribution in [2.45, 2.75) is 26.3 Å². The van der Waals surface area contributed by atoms with Gasteiger partial charge in [0.05, 0.1) is 22.7 Å². The lowest BCUT2D eigenvalue weighted by molar-refractivity contribution is 0.238. The monoisotopic (exact) mass is 314 g/mol. The first kappa shape index (κ1) is 16.0. The van der Waals surface area contributed by atoms with E-state index in [4.69, 9.17) is 5.26 Å². The van der Waals surface area contributed by atoms with Gasteiger partial charge < -0.3 is 10.6 Å². The Kier molecular flexibility index (Phi) is 5.50. The van der Waals surface area contributed by atoms with Gasteiger partial charge in [0.1, 0.15) is 0 Å². The Balaban J connectivity index is 1.77. The molecule has 2 rings (SSSR count). The van der Waals surface area contributed by atoms with E-state index in [0.29, 0.717) is 12.1 Å². The molecule has 1 atom stereocenters. The number of carbonyl (C=O) groups is 1. The summed E-state index contributed by atoms with van der Waals surface area (Å²) in [4.78, 5) is 16.2. The molecule has 22 heavy (non-hydrogen) atoms. The number of thiazole rings is 1. The highest BCUT2D eigenvalue weighted by atomic mass is 32.1. The van der Waals surface area contributed by atoms with Gasteiger partial charge in [-0.15, -0.1) is 11.3 Å². The van der Waals surface area contributed by atoms with Crippen LogP contribution in [0.25, 0.3) is 0 Å². The number of nitriles is 1. The molecule has 1 heterocycles. The first-order valence-corrected chi connectivity index (χ1v) is 7.92. The predicted octanol–water partition coefficient (Wildman–Crippen LogP) is 2.93. The van der Waals surface area contributed by atoms with E-state index in [9.17, 15) is 4.79 Å². The summed E-state index contributed by atoms with van der Waals surface area (Å²) >= 11 is 1.61. The molecule has 0 aliphatic carbocycles. The van der Waals surface area contributed by atoms with Gasteiger partial charge in [-0.25, -0.2) is 9.78 Å². The largest absolute Gasteiger partial charge is 0.338 e. The van der Waals surface area contributed by atoms with Gasteiger partial charge in [-0.2, -0.15) is 5.26 Å². The van der Waals surface area contributed by atoms with E-state index in [0.717, 1.165) is 22.7 Å². The number of amides is 2. The van der Waals surface area contributed by atoms with Crippen molar-refractivity contribution in [3.63, 3.8) is 0 Å². The van der Waals surface area contributed by atoms with Gasteiger partial charge in [0.25, 0.3) is 0 Å². The number of hydrogen-bond acceptors (Lipinski definition) is 4. The first-order chi connectivity index (χ1) is 10.6. The summed E-state index contributed by atoms with van der Waals surface area (Å²) in [5.41, 5.74) is 2.59. The van der Waals surface area contributed by atoms with Crippen LogP contribution < -0.4 is 10.6 Å². The molecule has 0 aliphatic rings. The zero-order valence-electron chi connectivity index (χ0n) is 12.6.